The number of hydrogen-bond donors (Lipinski definition) is 2. The molecule has 1 heterocycles. The van der Waals surface area contributed by atoms with Crippen LogP contribution in [0.2, 0.25) is 0 Å². The quantitative estimate of drug-likeness (QED) is 0.607. The predicted molar refractivity (Wildman–Crippen MR) is 36.3 cm³/mol. The van der Waals surface area contributed by atoms with Gasteiger partial charge in [-0.05, 0) is 0 Å². The van der Waals surface area contributed by atoms with Gasteiger partial charge in [0.2, 0.25) is 0 Å². The lowest BCUT2D eigenvalue weighted by Gasteiger charge is -1.83. The highest BCUT2D eigenvalue weighted by molar-refractivity contribution is 7.82. The van der Waals surface area contributed by atoms with E-state index in [0.29, 0.717) is 4.21 Å². The van der Waals surface area contributed by atoms with Crippen LogP contribution in [0.25, 0.3) is 0 Å². The van der Waals surface area contributed by atoms with Crippen LogP contribution in [0.15, 0.2) is 9.72 Å². The van der Waals surface area contributed by atoms with Gasteiger partial charge < -0.3 is 5.11 Å². The summed E-state index contributed by atoms with van der Waals surface area (Å²) in [6.07, 6.45) is 0. The maximum atomic E-state index is 10.2. The van der Waals surface area contributed by atoms with Crippen molar-refractivity contribution < 1.29 is 9.90 Å². The Morgan fingerprint density at radius 2 is 2.56 bits per heavy atom. The van der Waals surface area contributed by atoms with E-state index in [1.54, 1.807) is 0 Å². The van der Waals surface area contributed by atoms with Crippen molar-refractivity contribution in [3.63, 3.8) is 0 Å². The molecule has 0 fully saturated rings. The van der Waals surface area contributed by atoms with Crippen molar-refractivity contribution in [2.24, 2.45) is 0 Å². The van der Waals surface area contributed by atoms with Crippen molar-refractivity contribution in [2.75, 3.05) is 0 Å². The molecular formula is C4H3NO2S2. The van der Waals surface area contributed by atoms with Gasteiger partial charge in [-0.2, -0.15) is 0 Å². The number of hydrogen-bond acceptors (Lipinski definition) is 4. The maximum absolute atomic E-state index is 10.2. The minimum Gasteiger partial charge on any atom is -0.476 e. The van der Waals surface area contributed by atoms with E-state index in [-0.39, 0.29) is 5.69 Å². The third-order valence-corrected chi connectivity index (χ3v) is 1.91. The first-order valence-corrected chi connectivity index (χ1v) is 3.40. The molecule has 9 heavy (non-hydrogen) atoms. The molecule has 0 atom stereocenters. The zero-order valence-corrected chi connectivity index (χ0v) is 5.95. The van der Waals surface area contributed by atoms with Crippen LogP contribution in [0.5, 0.6) is 0 Å². The number of thiazole rings is 1. The molecule has 0 saturated heterocycles. The standard InChI is InChI=1S/C4H3NO2S2/c6-3(7)2-4(8)9-1-5-2/h1,8H,(H,6,7). The average molecular weight is 161 g/mol. The molecular weight excluding hydrogens is 158 g/mol. The Morgan fingerprint density at radius 3 is 2.78 bits per heavy atom. The smallest absolute Gasteiger partial charge is 0.356 e. The number of carboxylic acids is 1. The average Bonchev–Trinajstić information content (AvgIpc) is 2.13. The number of carbonyl (C=O) groups is 1. The van der Waals surface area contributed by atoms with Gasteiger partial charge in [0, 0.05) is 0 Å². The molecule has 0 aliphatic carbocycles. The SMILES string of the molecule is O=C(O)c1ncsc1S. The summed E-state index contributed by atoms with van der Waals surface area (Å²) in [4.78, 5) is 13.7. The summed E-state index contributed by atoms with van der Waals surface area (Å²) in [7, 11) is 0. The Balaban J connectivity index is 3.08. The van der Waals surface area contributed by atoms with E-state index in [0.717, 1.165) is 0 Å². The van der Waals surface area contributed by atoms with Crippen molar-refractivity contribution in [1.29, 1.82) is 0 Å². The summed E-state index contributed by atoms with van der Waals surface area (Å²) >= 11 is 5.07. The van der Waals surface area contributed by atoms with Crippen LogP contribution in [0.3, 0.4) is 0 Å². The zero-order valence-electron chi connectivity index (χ0n) is 4.24. The number of rotatable bonds is 1. The molecule has 1 rings (SSSR count). The van der Waals surface area contributed by atoms with E-state index in [1.807, 2.05) is 0 Å². The van der Waals surface area contributed by atoms with Crippen molar-refractivity contribution in [3.05, 3.63) is 11.2 Å². The fraction of sp³-hybridized carbons (Fsp3) is 0. The van der Waals surface area contributed by atoms with E-state index in [4.69, 9.17) is 5.11 Å². The Bertz CT molecular complexity index is 232. The number of carboxylic acid groups (broad SMARTS) is 1. The minimum atomic E-state index is -1.03. The molecule has 1 aromatic rings. The Labute approximate surface area is 60.8 Å². The minimum absolute atomic E-state index is 0.0309. The first-order chi connectivity index (χ1) is 4.22. The number of aromatic carboxylic acids is 1. The summed E-state index contributed by atoms with van der Waals surface area (Å²) in [5, 5.41) is 8.35. The second kappa shape index (κ2) is 2.36. The van der Waals surface area contributed by atoms with Gasteiger partial charge in [0.25, 0.3) is 0 Å². The summed E-state index contributed by atoms with van der Waals surface area (Å²) < 4.78 is 0.447. The van der Waals surface area contributed by atoms with Crippen LogP contribution in [0.1, 0.15) is 10.5 Å². The van der Waals surface area contributed by atoms with Gasteiger partial charge in [-0.1, -0.05) is 0 Å². The van der Waals surface area contributed by atoms with Crippen molar-refractivity contribution in [1.82, 2.24) is 4.98 Å². The molecule has 0 aliphatic heterocycles. The van der Waals surface area contributed by atoms with Gasteiger partial charge in [-0.25, -0.2) is 9.78 Å². The molecule has 3 nitrogen and oxygen atoms in total. The molecule has 0 amide bonds. The first-order valence-electron chi connectivity index (χ1n) is 2.07. The second-order valence-electron chi connectivity index (χ2n) is 1.31. The van der Waals surface area contributed by atoms with Crippen molar-refractivity contribution >= 4 is 29.9 Å². The highest BCUT2D eigenvalue weighted by Gasteiger charge is 2.08. The van der Waals surface area contributed by atoms with E-state index in [9.17, 15) is 4.79 Å². The highest BCUT2D eigenvalue weighted by atomic mass is 32.2. The van der Waals surface area contributed by atoms with Gasteiger partial charge >= 0.3 is 5.97 Å². The molecule has 0 bridgehead atoms. The zero-order chi connectivity index (χ0) is 6.85. The third-order valence-electron chi connectivity index (χ3n) is 0.751. The van der Waals surface area contributed by atoms with E-state index >= 15 is 0 Å². The van der Waals surface area contributed by atoms with Gasteiger partial charge in [-0.15, -0.1) is 24.0 Å². The van der Waals surface area contributed by atoms with Crippen LogP contribution in [0, 0.1) is 0 Å². The molecule has 5 heteroatoms. The Kier molecular flexibility index (Phi) is 1.73. The number of aromatic nitrogens is 1. The third kappa shape index (κ3) is 1.22. The highest BCUT2D eigenvalue weighted by Crippen LogP contribution is 2.16. The van der Waals surface area contributed by atoms with Crippen LogP contribution < -0.4 is 0 Å². The molecule has 1 aromatic heterocycles. The summed E-state index contributed by atoms with van der Waals surface area (Å²) in [6.45, 7) is 0. The molecule has 0 aromatic carbocycles. The largest absolute Gasteiger partial charge is 0.476 e. The second-order valence-corrected chi connectivity index (χ2v) is 2.92. The Hall–Kier alpha value is -0.550. The molecule has 0 spiro atoms. The lowest BCUT2D eigenvalue weighted by atomic mass is 10.5. The molecule has 0 saturated carbocycles. The molecule has 0 radical (unpaired) electrons. The van der Waals surface area contributed by atoms with Gasteiger partial charge in [0.1, 0.15) is 0 Å². The van der Waals surface area contributed by atoms with Crippen LogP contribution in [-0.2, 0) is 0 Å². The van der Waals surface area contributed by atoms with Crippen molar-refractivity contribution in [3.8, 4) is 0 Å². The van der Waals surface area contributed by atoms with Crippen LogP contribution >= 0.6 is 24.0 Å². The van der Waals surface area contributed by atoms with E-state index in [1.165, 1.54) is 16.8 Å². The molecule has 0 aliphatic rings. The maximum Gasteiger partial charge on any atom is 0.356 e. The molecule has 48 valence electrons. The van der Waals surface area contributed by atoms with E-state index in [2.05, 4.69) is 17.6 Å². The first kappa shape index (κ1) is 6.57. The predicted octanol–water partition coefficient (Wildman–Crippen LogP) is 1.13. The summed E-state index contributed by atoms with van der Waals surface area (Å²) in [5.41, 5.74) is 1.48. The van der Waals surface area contributed by atoms with Crippen LogP contribution in [-0.4, -0.2) is 16.1 Å². The van der Waals surface area contributed by atoms with Gasteiger partial charge in [0.05, 0.1) is 9.72 Å². The van der Waals surface area contributed by atoms with Crippen LogP contribution in [0.4, 0.5) is 0 Å². The normalized spacial score (nSPS) is 9.44. The fourth-order valence-corrected chi connectivity index (χ4v) is 1.19. The monoisotopic (exact) mass is 161 g/mol. The topological polar surface area (TPSA) is 50.2 Å². The Morgan fingerprint density at radius 1 is 1.89 bits per heavy atom. The van der Waals surface area contributed by atoms with Gasteiger partial charge in [0.15, 0.2) is 5.69 Å². The summed E-state index contributed by atoms with van der Waals surface area (Å²) in [6, 6.07) is 0. The number of nitrogens with zero attached hydrogens (tertiary/aromatic N) is 1. The lowest BCUT2D eigenvalue weighted by Crippen LogP contribution is -1.96. The molecule has 1 N–H and O–H groups in total. The number of thiol groups is 1. The molecule has 0 unspecified atom stereocenters. The fourth-order valence-electron chi connectivity index (χ4n) is 0.387. The summed E-state index contributed by atoms with van der Waals surface area (Å²) in [5.74, 6) is -1.03. The van der Waals surface area contributed by atoms with Crippen molar-refractivity contribution in [2.45, 2.75) is 4.21 Å². The van der Waals surface area contributed by atoms with Gasteiger partial charge in [-0.3, -0.25) is 0 Å². The lowest BCUT2D eigenvalue weighted by molar-refractivity contribution is 0.0688. The van der Waals surface area contributed by atoms with E-state index < -0.39 is 5.97 Å².